The molecule has 0 spiro atoms. The highest BCUT2D eigenvalue weighted by Crippen LogP contribution is 2.37. The number of methoxy groups -OCH3 is 2. The van der Waals surface area contributed by atoms with Crippen LogP contribution in [-0.2, 0) is 21.4 Å². The van der Waals surface area contributed by atoms with Crippen LogP contribution in [0.1, 0.15) is 21.7 Å². The van der Waals surface area contributed by atoms with Gasteiger partial charge < -0.3 is 24.3 Å². The van der Waals surface area contributed by atoms with E-state index in [2.05, 4.69) is 10.0 Å². The smallest absolute Gasteiger partial charge is 0.328 e. The number of carbonyl (C=O) groups excluding carboxylic acids is 1. The molecular weight excluding hydrogens is 464 g/mol. The summed E-state index contributed by atoms with van der Waals surface area (Å²) < 4.78 is 44.7. The number of amides is 1. The molecule has 3 aromatic rings. The molecule has 34 heavy (non-hydrogen) atoms. The number of rotatable bonds is 10. The van der Waals surface area contributed by atoms with Crippen molar-refractivity contribution in [3.63, 3.8) is 0 Å². The summed E-state index contributed by atoms with van der Waals surface area (Å²) >= 11 is 0. The molecular formula is C23H22N2O8S. The van der Waals surface area contributed by atoms with E-state index in [9.17, 15) is 18.0 Å². The van der Waals surface area contributed by atoms with E-state index in [-0.39, 0.29) is 39.8 Å². The second-order valence-electron chi connectivity index (χ2n) is 6.84. The molecule has 1 amide bonds. The van der Waals surface area contributed by atoms with E-state index in [4.69, 9.17) is 19.0 Å². The molecule has 1 heterocycles. The Morgan fingerprint density at radius 2 is 1.85 bits per heavy atom. The lowest BCUT2D eigenvalue weighted by Gasteiger charge is -2.17. The van der Waals surface area contributed by atoms with Gasteiger partial charge in [-0.25, -0.2) is 13.2 Å². The van der Waals surface area contributed by atoms with Crippen LogP contribution in [0.2, 0.25) is 0 Å². The van der Waals surface area contributed by atoms with Crippen LogP contribution in [0.4, 0.5) is 5.69 Å². The molecule has 178 valence electrons. The Bertz CT molecular complexity index is 1310. The molecule has 3 rings (SSSR count). The molecule has 2 aromatic carbocycles. The van der Waals surface area contributed by atoms with Crippen molar-refractivity contribution in [3.05, 3.63) is 77.8 Å². The van der Waals surface area contributed by atoms with Gasteiger partial charge in [-0.15, -0.1) is 0 Å². The molecule has 0 radical (unpaired) electrons. The number of carboxylic acid groups (broad SMARTS) is 1. The first-order valence-electron chi connectivity index (χ1n) is 9.84. The number of ether oxygens (including phenoxy) is 2. The second kappa shape index (κ2) is 10.6. The molecule has 0 unspecified atom stereocenters. The van der Waals surface area contributed by atoms with E-state index in [0.717, 1.165) is 6.08 Å². The molecule has 1 aromatic heterocycles. The van der Waals surface area contributed by atoms with E-state index in [1.165, 1.54) is 50.8 Å². The van der Waals surface area contributed by atoms with Gasteiger partial charge in [0.25, 0.3) is 15.9 Å². The lowest BCUT2D eigenvalue weighted by atomic mass is 10.1. The SMILES string of the molecule is COc1cc(/C=C/C(=O)O)cc(S(=O)(=O)Nc2ccccc2C(=O)NCc2ccco2)c1OC. The molecule has 0 atom stereocenters. The third-order valence-electron chi connectivity index (χ3n) is 4.59. The molecule has 11 heteroatoms. The van der Waals surface area contributed by atoms with Gasteiger partial charge >= 0.3 is 5.97 Å². The number of hydrogen-bond donors (Lipinski definition) is 3. The highest BCUT2D eigenvalue weighted by Gasteiger charge is 2.25. The Labute approximate surface area is 195 Å². The molecule has 0 fully saturated rings. The van der Waals surface area contributed by atoms with Crippen LogP contribution in [0.15, 0.2) is 70.2 Å². The first-order chi connectivity index (χ1) is 16.2. The minimum absolute atomic E-state index is 0.0342. The molecule has 0 aliphatic rings. The number of aliphatic carboxylic acids is 1. The number of benzene rings is 2. The zero-order chi connectivity index (χ0) is 24.7. The average Bonchev–Trinajstić information content (AvgIpc) is 3.34. The van der Waals surface area contributed by atoms with Crippen molar-refractivity contribution in [3.8, 4) is 11.5 Å². The summed E-state index contributed by atoms with van der Waals surface area (Å²) in [6.45, 7) is 0.121. The largest absolute Gasteiger partial charge is 0.493 e. The lowest BCUT2D eigenvalue weighted by molar-refractivity contribution is -0.131. The monoisotopic (exact) mass is 486 g/mol. The van der Waals surface area contributed by atoms with E-state index in [1.807, 2.05) is 0 Å². The highest BCUT2D eigenvalue weighted by atomic mass is 32.2. The molecule has 0 bridgehead atoms. The Morgan fingerprint density at radius 1 is 1.09 bits per heavy atom. The van der Waals surface area contributed by atoms with Crippen LogP contribution in [0, 0.1) is 0 Å². The molecule has 0 aliphatic carbocycles. The minimum atomic E-state index is -4.30. The summed E-state index contributed by atoms with van der Waals surface area (Å²) in [4.78, 5) is 23.3. The quantitative estimate of drug-likeness (QED) is 0.371. The number of sulfonamides is 1. The zero-order valence-electron chi connectivity index (χ0n) is 18.3. The Hall–Kier alpha value is -4.25. The number of hydrogen-bond acceptors (Lipinski definition) is 7. The van der Waals surface area contributed by atoms with E-state index >= 15 is 0 Å². The van der Waals surface area contributed by atoms with Gasteiger partial charge in [-0.1, -0.05) is 12.1 Å². The van der Waals surface area contributed by atoms with Gasteiger partial charge in [-0.05, 0) is 48.0 Å². The van der Waals surface area contributed by atoms with Crippen molar-refractivity contribution in [1.82, 2.24) is 5.32 Å². The Kier molecular flexibility index (Phi) is 7.59. The summed E-state index contributed by atoms with van der Waals surface area (Å²) in [7, 11) is -1.70. The summed E-state index contributed by atoms with van der Waals surface area (Å²) in [5, 5.41) is 11.6. The highest BCUT2D eigenvalue weighted by molar-refractivity contribution is 7.92. The fourth-order valence-electron chi connectivity index (χ4n) is 3.06. The van der Waals surface area contributed by atoms with Crippen molar-refractivity contribution in [2.24, 2.45) is 0 Å². The van der Waals surface area contributed by atoms with E-state index in [0.29, 0.717) is 5.76 Å². The van der Waals surface area contributed by atoms with Crippen LogP contribution in [0.3, 0.4) is 0 Å². The van der Waals surface area contributed by atoms with Crippen LogP contribution >= 0.6 is 0 Å². The van der Waals surface area contributed by atoms with Crippen LogP contribution < -0.4 is 19.5 Å². The van der Waals surface area contributed by atoms with Crippen molar-refractivity contribution in [1.29, 1.82) is 0 Å². The number of anilines is 1. The molecule has 3 N–H and O–H groups in total. The fraction of sp³-hybridized carbons (Fsp3) is 0.130. The van der Waals surface area contributed by atoms with Crippen LogP contribution in [0.5, 0.6) is 11.5 Å². The van der Waals surface area contributed by atoms with Gasteiger partial charge in [0.1, 0.15) is 10.7 Å². The number of carbonyl (C=O) groups is 2. The zero-order valence-corrected chi connectivity index (χ0v) is 19.1. The number of nitrogens with one attached hydrogen (secondary N) is 2. The van der Waals surface area contributed by atoms with Crippen molar-refractivity contribution >= 4 is 33.7 Å². The summed E-state index contributed by atoms with van der Waals surface area (Å²) in [5.74, 6) is -1.18. The number of para-hydroxylation sites is 1. The third kappa shape index (κ3) is 5.75. The van der Waals surface area contributed by atoms with Gasteiger partial charge in [0.15, 0.2) is 11.5 Å². The third-order valence-corrected chi connectivity index (χ3v) is 5.97. The fourth-order valence-corrected chi connectivity index (χ4v) is 4.36. The predicted octanol–water partition coefficient (Wildman–Crippen LogP) is 3.13. The standard InChI is InChI=1S/C23H22N2O8S/c1-31-19-12-15(9-10-21(26)27)13-20(22(19)32-2)34(29,30)25-18-8-4-3-7-17(18)23(28)24-14-16-6-5-11-33-16/h3-13,25H,14H2,1-2H3,(H,24,28)(H,26,27)/b10-9+. The van der Waals surface area contributed by atoms with Crippen LogP contribution in [-0.4, -0.2) is 39.6 Å². The molecule has 0 saturated carbocycles. The topological polar surface area (TPSA) is 144 Å². The lowest BCUT2D eigenvalue weighted by Crippen LogP contribution is -2.25. The first-order valence-corrected chi connectivity index (χ1v) is 11.3. The molecule has 10 nitrogen and oxygen atoms in total. The molecule has 0 aliphatic heterocycles. The predicted molar refractivity (Wildman–Crippen MR) is 123 cm³/mol. The maximum Gasteiger partial charge on any atom is 0.328 e. The summed E-state index contributed by atoms with van der Waals surface area (Å²) in [6.07, 6.45) is 3.56. The Morgan fingerprint density at radius 3 is 2.50 bits per heavy atom. The maximum absolute atomic E-state index is 13.3. The van der Waals surface area contributed by atoms with Gasteiger partial charge in [0.2, 0.25) is 0 Å². The van der Waals surface area contributed by atoms with Gasteiger partial charge in [0.05, 0.1) is 38.3 Å². The van der Waals surface area contributed by atoms with Crippen molar-refractivity contribution in [2.75, 3.05) is 18.9 Å². The average molecular weight is 487 g/mol. The second-order valence-corrected chi connectivity index (χ2v) is 8.49. The number of carboxylic acids is 1. The first kappa shape index (κ1) is 24.4. The minimum Gasteiger partial charge on any atom is -0.493 e. The summed E-state index contributed by atoms with van der Waals surface area (Å²) in [5.41, 5.74) is 0.377. The Balaban J connectivity index is 1.96. The normalized spacial score (nSPS) is 11.2. The number of furan rings is 1. The van der Waals surface area contributed by atoms with Gasteiger partial charge in [-0.2, -0.15) is 0 Å². The van der Waals surface area contributed by atoms with Crippen molar-refractivity contribution < 1.29 is 37.0 Å². The maximum atomic E-state index is 13.3. The van der Waals surface area contributed by atoms with Gasteiger partial charge in [-0.3, -0.25) is 9.52 Å². The van der Waals surface area contributed by atoms with E-state index < -0.39 is 21.9 Å². The van der Waals surface area contributed by atoms with Crippen LogP contribution in [0.25, 0.3) is 6.08 Å². The van der Waals surface area contributed by atoms with Crippen molar-refractivity contribution in [2.45, 2.75) is 11.4 Å². The molecule has 0 saturated heterocycles. The van der Waals surface area contributed by atoms with Gasteiger partial charge in [0, 0.05) is 6.08 Å². The van der Waals surface area contributed by atoms with E-state index in [1.54, 1.807) is 24.3 Å². The summed E-state index contributed by atoms with van der Waals surface area (Å²) in [6, 6.07) is 12.1.